The topological polar surface area (TPSA) is 53.4 Å². The molecule has 5 heteroatoms. The number of methoxy groups -OCH3 is 1. The molecule has 144 valence electrons. The molecule has 0 radical (unpaired) electrons. The van der Waals surface area contributed by atoms with E-state index in [0.717, 1.165) is 28.3 Å². The van der Waals surface area contributed by atoms with Crippen molar-refractivity contribution in [1.29, 1.82) is 0 Å². The Morgan fingerprint density at radius 2 is 1.52 bits per heavy atom. The molecule has 0 atom stereocenters. The van der Waals surface area contributed by atoms with Gasteiger partial charge < -0.3 is 9.47 Å². The van der Waals surface area contributed by atoms with Crippen LogP contribution >= 0.6 is 0 Å². The van der Waals surface area contributed by atoms with Crippen molar-refractivity contribution >= 4 is 5.97 Å². The number of carbonyl (C=O) groups is 1. The summed E-state index contributed by atoms with van der Waals surface area (Å²) in [6.45, 7) is 2.01. The van der Waals surface area contributed by atoms with E-state index in [2.05, 4.69) is 5.10 Å². The highest BCUT2D eigenvalue weighted by Gasteiger charge is 2.18. The summed E-state index contributed by atoms with van der Waals surface area (Å²) in [6.07, 6.45) is 0. The Bertz CT molecular complexity index is 1120. The van der Waals surface area contributed by atoms with Crippen molar-refractivity contribution in [2.24, 2.45) is 0 Å². The highest BCUT2D eigenvalue weighted by atomic mass is 16.5. The smallest absolute Gasteiger partial charge is 0.356 e. The van der Waals surface area contributed by atoms with Crippen LogP contribution in [-0.4, -0.2) is 22.9 Å². The van der Waals surface area contributed by atoms with Crippen LogP contribution < -0.4 is 4.74 Å². The first-order valence-electron chi connectivity index (χ1n) is 9.23. The van der Waals surface area contributed by atoms with Gasteiger partial charge in [-0.1, -0.05) is 35.9 Å². The van der Waals surface area contributed by atoms with Gasteiger partial charge in [0, 0.05) is 5.56 Å². The minimum absolute atomic E-state index is 0.371. The molecule has 1 aromatic heterocycles. The molecular weight excluding hydrogens is 364 g/mol. The van der Waals surface area contributed by atoms with Gasteiger partial charge in [0.1, 0.15) is 11.5 Å². The standard InChI is InChI=1S/C24H20N2O3/c1-17-8-12-19(13-9-17)26-23(24(27)28-2)16-22(25-26)18-10-14-21(15-11-18)29-20-6-4-3-5-7-20/h3-16H,1-2H3. The fraction of sp³-hybridized carbons (Fsp3) is 0.0833. The zero-order chi connectivity index (χ0) is 20.2. The maximum absolute atomic E-state index is 12.3. The summed E-state index contributed by atoms with van der Waals surface area (Å²) in [7, 11) is 1.37. The second kappa shape index (κ2) is 8.02. The predicted molar refractivity (Wildman–Crippen MR) is 112 cm³/mol. The van der Waals surface area contributed by atoms with E-state index in [1.54, 1.807) is 10.7 Å². The van der Waals surface area contributed by atoms with Crippen molar-refractivity contribution in [3.05, 3.63) is 96.2 Å². The largest absolute Gasteiger partial charge is 0.464 e. The molecule has 0 fully saturated rings. The van der Waals surface area contributed by atoms with Crippen LogP contribution in [0.2, 0.25) is 0 Å². The van der Waals surface area contributed by atoms with Crippen LogP contribution in [0.3, 0.4) is 0 Å². The molecular formula is C24H20N2O3. The SMILES string of the molecule is COC(=O)c1cc(-c2ccc(Oc3ccccc3)cc2)nn1-c1ccc(C)cc1. The number of nitrogens with zero attached hydrogens (tertiary/aromatic N) is 2. The van der Waals surface area contributed by atoms with E-state index in [1.165, 1.54) is 7.11 Å². The van der Waals surface area contributed by atoms with Gasteiger partial charge in [-0.3, -0.25) is 0 Å². The van der Waals surface area contributed by atoms with Gasteiger partial charge in [0.05, 0.1) is 18.5 Å². The average molecular weight is 384 g/mol. The number of hydrogen-bond donors (Lipinski definition) is 0. The first-order chi connectivity index (χ1) is 14.1. The van der Waals surface area contributed by atoms with Gasteiger partial charge in [-0.2, -0.15) is 5.10 Å². The van der Waals surface area contributed by atoms with Crippen LogP contribution in [0.1, 0.15) is 16.1 Å². The highest BCUT2D eigenvalue weighted by molar-refractivity contribution is 5.89. The summed E-state index contributed by atoms with van der Waals surface area (Å²) in [5, 5.41) is 4.64. The molecule has 0 aliphatic rings. The third kappa shape index (κ3) is 4.04. The van der Waals surface area contributed by atoms with E-state index in [1.807, 2.05) is 85.8 Å². The van der Waals surface area contributed by atoms with E-state index in [9.17, 15) is 4.79 Å². The molecule has 4 rings (SSSR count). The third-order valence-electron chi connectivity index (χ3n) is 4.51. The summed E-state index contributed by atoms with van der Waals surface area (Å²) >= 11 is 0. The molecule has 0 unspecified atom stereocenters. The van der Waals surface area contributed by atoms with E-state index in [0.29, 0.717) is 11.4 Å². The number of rotatable bonds is 5. The number of hydrogen-bond acceptors (Lipinski definition) is 4. The van der Waals surface area contributed by atoms with Crippen molar-refractivity contribution < 1.29 is 14.3 Å². The molecule has 0 bridgehead atoms. The number of benzene rings is 3. The van der Waals surface area contributed by atoms with Crippen molar-refractivity contribution in [2.45, 2.75) is 6.92 Å². The van der Waals surface area contributed by atoms with E-state index < -0.39 is 5.97 Å². The van der Waals surface area contributed by atoms with Gasteiger partial charge in [0.15, 0.2) is 5.69 Å². The lowest BCUT2D eigenvalue weighted by atomic mass is 10.1. The van der Waals surface area contributed by atoms with Crippen LogP contribution in [0.25, 0.3) is 16.9 Å². The molecule has 1 heterocycles. The molecule has 0 aliphatic heterocycles. The van der Waals surface area contributed by atoms with Crippen LogP contribution in [0.15, 0.2) is 84.9 Å². The van der Waals surface area contributed by atoms with Crippen molar-refractivity contribution in [3.8, 4) is 28.4 Å². The van der Waals surface area contributed by atoms with Crippen LogP contribution in [-0.2, 0) is 4.74 Å². The van der Waals surface area contributed by atoms with Crippen molar-refractivity contribution in [3.63, 3.8) is 0 Å². The molecule has 4 aromatic rings. The van der Waals surface area contributed by atoms with Gasteiger partial charge in [-0.05, 0) is 61.5 Å². The Morgan fingerprint density at radius 3 is 2.17 bits per heavy atom. The summed E-state index contributed by atoms with van der Waals surface area (Å²) < 4.78 is 12.4. The second-order valence-corrected chi connectivity index (χ2v) is 6.59. The monoisotopic (exact) mass is 384 g/mol. The van der Waals surface area contributed by atoms with E-state index in [-0.39, 0.29) is 0 Å². The van der Waals surface area contributed by atoms with Gasteiger partial charge in [0.2, 0.25) is 0 Å². The molecule has 0 amide bonds. The Balaban J connectivity index is 1.66. The number of ether oxygens (including phenoxy) is 2. The molecule has 0 saturated heterocycles. The number of carbonyl (C=O) groups excluding carboxylic acids is 1. The maximum atomic E-state index is 12.3. The fourth-order valence-corrected chi connectivity index (χ4v) is 2.97. The van der Waals surface area contributed by atoms with Gasteiger partial charge in [-0.25, -0.2) is 9.48 Å². The molecule has 0 N–H and O–H groups in total. The van der Waals surface area contributed by atoms with E-state index in [4.69, 9.17) is 9.47 Å². The first-order valence-corrected chi connectivity index (χ1v) is 9.23. The number of aromatic nitrogens is 2. The highest BCUT2D eigenvalue weighted by Crippen LogP contribution is 2.27. The second-order valence-electron chi connectivity index (χ2n) is 6.59. The first kappa shape index (κ1) is 18.5. The van der Waals surface area contributed by atoms with Crippen LogP contribution in [0.5, 0.6) is 11.5 Å². The minimum Gasteiger partial charge on any atom is -0.464 e. The number of para-hydroxylation sites is 1. The summed E-state index contributed by atoms with van der Waals surface area (Å²) in [5.74, 6) is 1.07. The Hall–Kier alpha value is -3.86. The molecule has 0 spiro atoms. The van der Waals surface area contributed by atoms with Crippen LogP contribution in [0, 0.1) is 6.92 Å². The quantitative estimate of drug-likeness (QED) is 0.431. The molecule has 3 aromatic carbocycles. The Labute approximate surface area is 169 Å². The minimum atomic E-state index is -0.437. The molecule has 0 saturated carbocycles. The fourth-order valence-electron chi connectivity index (χ4n) is 2.97. The van der Waals surface area contributed by atoms with Gasteiger partial charge in [-0.15, -0.1) is 0 Å². The lowest BCUT2D eigenvalue weighted by Crippen LogP contribution is -2.10. The molecule has 0 aliphatic carbocycles. The van der Waals surface area contributed by atoms with Crippen molar-refractivity contribution in [1.82, 2.24) is 9.78 Å². The molecule has 29 heavy (non-hydrogen) atoms. The summed E-state index contributed by atoms with van der Waals surface area (Å²) in [5.41, 5.74) is 3.86. The number of esters is 1. The van der Waals surface area contributed by atoms with Crippen LogP contribution in [0.4, 0.5) is 0 Å². The Morgan fingerprint density at radius 1 is 0.862 bits per heavy atom. The lowest BCUT2D eigenvalue weighted by molar-refractivity contribution is 0.0590. The maximum Gasteiger partial charge on any atom is 0.356 e. The van der Waals surface area contributed by atoms with Crippen molar-refractivity contribution in [2.75, 3.05) is 7.11 Å². The number of aryl methyl sites for hydroxylation is 1. The normalized spacial score (nSPS) is 10.6. The Kier molecular flexibility index (Phi) is 5.12. The van der Waals surface area contributed by atoms with Gasteiger partial charge in [0.25, 0.3) is 0 Å². The lowest BCUT2D eigenvalue weighted by Gasteiger charge is -2.06. The predicted octanol–water partition coefficient (Wildman–Crippen LogP) is 5.43. The zero-order valence-corrected chi connectivity index (χ0v) is 16.2. The van der Waals surface area contributed by atoms with E-state index >= 15 is 0 Å². The zero-order valence-electron chi connectivity index (χ0n) is 16.2. The average Bonchev–Trinajstić information content (AvgIpc) is 3.20. The molecule has 5 nitrogen and oxygen atoms in total. The van der Waals surface area contributed by atoms with Gasteiger partial charge >= 0.3 is 5.97 Å². The third-order valence-corrected chi connectivity index (χ3v) is 4.51. The summed E-state index contributed by atoms with van der Waals surface area (Å²) in [4.78, 5) is 12.3. The summed E-state index contributed by atoms with van der Waals surface area (Å²) in [6, 6.07) is 26.7.